The summed E-state index contributed by atoms with van der Waals surface area (Å²) in [7, 11) is 0. The predicted molar refractivity (Wildman–Crippen MR) is 152 cm³/mol. The highest BCUT2D eigenvalue weighted by Gasteiger charge is 2.44. The summed E-state index contributed by atoms with van der Waals surface area (Å²) >= 11 is 0. The van der Waals surface area contributed by atoms with E-state index in [1.165, 1.54) is 4.90 Å². The fourth-order valence-electron chi connectivity index (χ4n) is 4.98. The van der Waals surface area contributed by atoms with Gasteiger partial charge in [0.15, 0.2) is 0 Å². The van der Waals surface area contributed by atoms with Gasteiger partial charge in [-0.2, -0.15) is 5.26 Å². The number of aliphatic hydroxyl groups excluding tert-OH is 1. The number of nitriles is 1. The smallest absolute Gasteiger partial charge is 0.414 e. The SMILES string of the molecule is CC(C)(C)OC(=O)N1C[C@](C)(CO)c2cc(-c3ccnc(Nc4cccnc4O[C@@H]4CCCOC4)n3)cc(C#N)c21. The number of aromatic nitrogens is 3. The summed E-state index contributed by atoms with van der Waals surface area (Å²) in [5, 5.41) is 23.7. The standard InChI is InChI=1S/C30H34N6O5/c1-29(2,3)41-28(38)36-17-30(4,18-37)22-14-19(13-20(15-31)25(22)36)23-9-11-33-27(34-23)35-24-8-5-10-32-26(24)40-21-7-6-12-39-16-21/h5,8-11,13-14,21,37H,6-7,12,16-18H2,1-4H3,(H,33,34,35)/t21-,30-/m1/s1. The number of anilines is 3. The molecule has 2 N–H and O–H groups in total. The van der Waals surface area contributed by atoms with Crippen LogP contribution in [0.1, 0.15) is 51.7 Å². The Morgan fingerprint density at radius 2 is 2.12 bits per heavy atom. The highest BCUT2D eigenvalue weighted by atomic mass is 16.6. The molecular weight excluding hydrogens is 524 g/mol. The highest BCUT2D eigenvalue weighted by molar-refractivity contribution is 5.95. The molecule has 2 aliphatic heterocycles. The van der Waals surface area contributed by atoms with Gasteiger partial charge in [0.25, 0.3) is 0 Å². The number of carbonyl (C=O) groups excluding carboxylic acids is 1. The van der Waals surface area contributed by atoms with Gasteiger partial charge in [0.2, 0.25) is 11.8 Å². The summed E-state index contributed by atoms with van der Waals surface area (Å²) in [6.07, 6.45) is 4.45. The Hall–Kier alpha value is -4.27. The van der Waals surface area contributed by atoms with Crippen LogP contribution in [-0.4, -0.2) is 64.2 Å². The molecule has 3 aromatic rings. The molecule has 1 amide bonds. The maximum Gasteiger partial charge on any atom is 0.414 e. The number of benzene rings is 1. The van der Waals surface area contributed by atoms with Crippen molar-refractivity contribution in [2.45, 2.75) is 57.7 Å². The lowest BCUT2D eigenvalue weighted by Crippen LogP contribution is -2.40. The quantitative estimate of drug-likeness (QED) is 0.436. The van der Waals surface area contributed by atoms with Gasteiger partial charge in [-0.1, -0.05) is 6.92 Å². The van der Waals surface area contributed by atoms with Crippen molar-refractivity contribution in [3.63, 3.8) is 0 Å². The van der Waals surface area contributed by atoms with Crippen LogP contribution in [0.2, 0.25) is 0 Å². The summed E-state index contributed by atoms with van der Waals surface area (Å²) in [6, 6.07) is 11.1. The van der Waals surface area contributed by atoms with Crippen LogP contribution >= 0.6 is 0 Å². The van der Waals surface area contributed by atoms with Crippen LogP contribution in [0.25, 0.3) is 11.3 Å². The summed E-state index contributed by atoms with van der Waals surface area (Å²) in [4.78, 5) is 28.0. The molecule has 0 bridgehead atoms. The van der Waals surface area contributed by atoms with E-state index in [1.54, 1.807) is 51.4 Å². The Balaban J connectivity index is 1.47. The number of rotatable bonds is 6. The van der Waals surface area contributed by atoms with Crippen molar-refractivity contribution in [1.29, 1.82) is 5.26 Å². The number of ether oxygens (including phenoxy) is 3. The van der Waals surface area contributed by atoms with Gasteiger partial charge in [0.05, 0.1) is 30.2 Å². The van der Waals surface area contributed by atoms with E-state index in [-0.39, 0.29) is 24.8 Å². The second-order valence-corrected chi connectivity index (χ2v) is 11.5. The van der Waals surface area contributed by atoms with Crippen molar-refractivity contribution in [3.8, 4) is 23.2 Å². The van der Waals surface area contributed by atoms with E-state index in [0.29, 0.717) is 46.6 Å². The fourth-order valence-corrected chi connectivity index (χ4v) is 4.98. The number of aliphatic hydroxyl groups is 1. The molecule has 214 valence electrons. The number of hydrogen-bond donors (Lipinski definition) is 2. The number of nitrogens with zero attached hydrogens (tertiary/aromatic N) is 5. The third-order valence-corrected chi connectivity index (χ3v) is 6.99. The second-order valence-electron chi connectivity index (χ2n) is 11.5. The zero-order valence-corrected chi connectivity index (χ0v) is 23.7. The average Bonchev–Trinajstić information content (AvgIpc) is 3.27. The number of amides is 1. The molecule has 0 aliphatic carbocycles. The van der Waals surface area contributed by atoms with Gasteiger partial charge in [-0.25, -0.2) is 19.7 Å². The van der Waals surface area contributed by atoms with Crippen molar-refractivity contribution in [1.82, 2.24) is 15.0 Å². The zero-order chi connectivity index (χ0) is 29.2. The number of fused-ring (bicyclic) bond motifs is 1. The van der Waals surface area contributed by atoms with E-state index in [4.69, 9.17) is 19.2 Å². The summed E-state index contributed by atoms with van der Waals surface area (Å²) in [6.45, 7) is 8.42. The van der Waals surface area contributed by atoms with E-state index in [1.807, 2.05) is 19.1 Å². The first-order chi connectivity index (χ1) is 19.6. The number of nitrogens with one attached hydrogen (secondary N) is 1. The number of hydrogen-bond acceptors (Lipinski definition) is 10. The van der Waals surface area contributed by atoms with Crippen LogP contribution < -0.4 is 15.0 Å². The number of carbonyl (C=O) groups is 1. The normalized spacial score (nSPS) is 20.2. The molecule has 5 rings (SSSR count). The second kappa shape index (κ2) is 11.3. The van der Waals surface area contributed by atoms with Gasteiger partial charge < -0.3 is 24.6 Å². The lowest BCUT2D eigenvalue weighted by molar-refractivity contribution is 0.00585. The first-order valence-electron chi connectivity index (χ1n) is 13.6. The van der Waals surface area contributed by atoms with Crippen molar-refractivity contribution < 1.29 is 24.1 Å². The Labute approximate surface area is 239 Å². The average molecular weight is 559 g/mol. The molecule has 0 spiro atoms. The largest absolute Gasteiger partial charge is 0.470 e. The molecule has 11 heteroatoms. The van der Waals surface area contributed by atoms with Crippen LogP contribution in [0.5, 0.6) is 5.88 Å². The van der Waals surface area contributed by atoms with Crippen LogP contribution in [0.4, 0.5) is 22.1 Å². The zero-order valence-electron chi connectivity index (χ0n) is 23.7. The molecular formula is C30H34N6O5. The van der Waals surface area contributed by atoms with Crippen molar-refractivity contribution >= 4 is 23.4 Å². The molecule has 0 radical (unpaired) electrons. The van der Waals surface area contributed by atoms with Gasteiger partial charge in [0.1, 0.15) is 23.5 Å². The third-order valence-electron chi connectivity index (χ3n) is 6.99. The molecule has 41 heavy (non-hydrogen) atoms. The monoisotopic (exact) mass is 558 g/mol. The molecule has 0 unspecified atom stereocenters. The Morgan fingerprint density at radius 3 is 2.83 bits per heavy atom. The van der Waals surface area contributed by atoms with E-state index < -0.39 is 17.1 Å². The lowest BCUT2D eigenvalue weighted by atomic mass is 9.83. The highest BCUT2D eigenvalue weighted by Crippen LogP contribution is 2.45. The Kier molecular flexibility index (Phi) is 7.80. The van der Waals surface area contributed by atoms with Crippen molar-refractivity contribution in [2.24, 2.45) is 0 Å². The van der Waals surface area contributed by atoms with E-state index in [0.717, 1.165) is 19.4 Å². The van der Waals surface area contributed by atoms with Crippen LogP contribution in [0, 0.1) is 11.3 Å². The maximum absolute atomic E-state index is 13.1. The summed E-state index contributed by atoms with van der Waals surface area (Å²) in [5.74, 6) is 0.752. The molecule has 2 atom stereocenters. The molecule has 11 nitrogen and oxygen atoms in total. The molecule has 2 aliphatic rings. The molecule has 0 saturated carbocycles. The molecule has 1 saturated heterocycles. The van der Waals surface area contributed by atoms with Crippen LogP contribution in [0.3, 0.4) is 0 Å². The van der Waals surface area contributed by atoms with Gasteiger partial charge >= 0.3 is 6.09 Å². The van der Waals surface area contributed by atoms with E-state index >= 15 is 0 Å². The summed E-state index contributed by atoms with van der Waals surface area (Å²) in [5.41, 5.74) is 1.71. The number of pyridine rings is 1. The molecule has 1 fully saturated rings. The van der Waals surface area contributed by atoms with Crippen molar-refractivity contribution in [3.05, 3.63) is 53.9 Å². The van der Waals surface area contributed by atoms with Crippen LogP contribution in [-0.2, 0) is 14.9 Å². The Bertz CT molecular complexity index is 1480. The molecule has 2 aromatic heterocycles. The lowest BCUT2D eigenvalue weighted by Gasteiger charge is -2.26. The van der Waals surface area contributed by atoms with E-state index in [2.05, 4.69) is 21.4 Å². The van der Waals surface area contributed by atoms with Crippen molar-refractivity contribution in [2.75, 3.05) is 36.6 Å². The topological polar surface area (TPSA) is 143 Å². The maximum atomic E-state index is 13.1. The summed E-state index contributed by atoms with van der Waals surface area (Å²) < 4.78 is 17.2. The minimum Gasteiger partial charge on any atom is -0.470 e. The van der Waals surface area contributed by atoms with E-state index in [9.17, 15) is 15.2 Å². The first kappa shape index (κ1) is 28.3. The van der Waals surface area contributed by atoms with Gasteiger partial charge in [-0.05, 0) is 69.5 Å². The third kappa shape index (κ3) is 6.09. The van der Waals surface area contributed by atoms with Crippen LogP contribution in [0.15, 0.2) is 42.7 Å². The van der Waals surface area contributed by atoms with Gasteiger partial charge in [-0.3, -0.25) is 4.90 Å². The fraction of sp³-hybridized carbons (Fsp3) is 0.433. The predicted octanol–water partition coefficient (Wildman–Crippen LogP) is 4.72. The molecule has 1 aromatic carbocycles. The molecule has 4 heterocycles. The minimum absolute atomic E-state index is 0.0802. The van der Waals surface area contributed by atoms with Gasteiger partial charge in [-0.15, -0.1) is 0 Å². The first-order valence-corrected chi connectivity index (χ1v) is 13.6. The van der Waals surface area contributed by atoms with Gasteiger partial charge in [0, 0.05) is 36.5 Å². The minimum atomic E-state index is -0.799. The Morgan fingerprint density at radius 1 is 1.29 bits per heavy atom.